The van der Waals surface area contributed by atoms with Crippen LogP contribution < -0.4 is 14.4 Å². The highest BCUT2D eigenvalue weighted by molar-refractivity contribution is 7.92. The summed E-state index contributed by atoms with van der Waals surface area (Å²) in [6, 6.07) is 25.3. The van der Waals surface area contributed by atoms with Gasteiger partial charge in [0.15, 0.2) is 0 Å². The lowest BCUT2D eigenvalue weighted by molar-refractivity contribution is -0.140. The maximum absolute atomic E-state index is 14.6. The van der Waals surface area contributed by atoms with Crippen molar-refractivity contribution < 1.29 is 22.7 Å². The van der Waals surface area contributed by atoms with E-state index in [-0.39, 0.29) is 52.9 Å². The van der Waals surface area contributed by atoms with Gasteiger partial charge < -0.3 is 15.0 Å². The zero-order valence-corrected chi connectivity index (χ0v) is 29.3. The smallest absolute Gasteiger partial charge is 0.264 e. The van der Waals surface area contributed by atoms with E-state index >= 15 is 0 Å². The van der Waals surface area contributed by atoms with Crippen LogP contribution in [-0.4, -0.2) is 50.4 Å². The van der Waals surface area contributed by atoms with Crippen molar-refractivity contribution in [3.05, 3.63) is 123 Å². The van der Waals surface area contributed by atoms with Gasteiger partial charge in [0, 0.05) is 24.0 Å². The second-order valence-corrected chi connectivity index (χ2v) is 14.1. The first-order chi connectivity index (χ1) is 22.4. The number of sulfonamides is 1. The highest BCUT2D eigenvalue weighted by Gasteiger charge is 2.35. The summed E-state index contributed by atoms with van der Waals surface area (Å²) >= 11 is 18.6. The number of para-hydroxylation sites is 2. The summed E-state index contributed by atoms with van der Waals surface area (Å²) in [4.78, 5) is 29.8. The summed E-state index contributed by atoms with van der Waals surface area (Å²) in [7, 11) is -4.34. The molecule has 0 aliphatic rings. The molecule has 2 amide bonds. The molecule has 0 aromatic heterocycles. The number of benzene rings is 4. The third-order valence-corrected chi connectivity index (χ3v) is 9.92. The monoisotopic (exact) mass is 715 g/mol. The molecule has 4 aromatic carbocycles. The van der Waals surface area contributed by atoms with Crippen molar-refractivity contribution in [3.63, 3.8) is 0 Å². The van der Waals surface area contributed by atoms with E-state index in [1.54, 1.807) is 49.4 Å². The lowest BCUT2D eigenvalue weighted by Crippen LogP contribution is -2.54. The first kappa shape index (κ1) is 36.1. The molecule has 47 heavy (non-hydrogen) atoms. The fourth-order valence-corrected chi connectivity index (χ4v) is 6.83. The lowest BCUT2D eigenvalue weighted by atomic mass is 10.0. The molecule has 0 heterocycles. The molecule has 0 aliphatic heterocycles. The number of amides is 2. The Morgan fingerprint density at radius 2 is 1.49 bits per heavy atom. The molecule has 8 nitrogen and oxygen atoms in total. The molecule has 0 unspecified atom stereocenters. The van der Waals surface area contributed by atoms with Crippen LogP contribution in [-0.2, 0) is 32.6 Å². The van der Waals surface area contributed by atoms with Gasteiger partial charge in [0.05, 0.1) is 27.2 Å². The summed E-state index contributed by atoms with van der Waals surface area (Å²) in [6.45, 7) is 5.00. The van der Waals surface area contributed by atoms with E-state index in [2.05, 4.69) is 5.32 Å². The third-order valence-electron chi connectivity index (χ3n) is 7.15. The minimum atomic E-state index is -4.34. The quantitative estimate of drug-likeness (QED) is 0.147. The largest absolute Gasteiger partial charge is 0.492 e. The Labute approximate surface area is 291 Å². The second kappa shape index (κ2) is 16.4. The molecule has 12 heteroatoms. The van der Waals surface area contributed by atoms with Gasteiger partial charge in [0.25, 0.3) is 10.0 Å². The fraction of sp³-hybridized carbons (Fsp3) is 0.257. The van der Waals surface area contributed by atoms with Crippen LogP contribution in [0, 0.1) is 0 Å². The Morgan fingerprint density at radius 3 is 2.13 bits per heavy atom. The highest BCUT2D eigenvalue weighted by atomic mass is 35.5. The van der Waals surface area contributed by atoms with Crippen LogP contribution in [0.3, 0.4) is 0 Å². The SMILES string of the molecule is CCOc1ccccc1N(CC(=O)N(Cc1ccc(Cl)c(Cl)c1)[C@H](Cc1ccccc1)C(=O)NC(C)C)S(=O)(=O)c1ccc(Cl)cc1. The van der Waals surface area contributed by atoms with E-state index in [9.17, 15) is 18.0 Å². The van der Waals surface area contributed by atoms with Crippen LogP contribution >= 0.6 is 34.8 Å². The molecule has 1 atom stereocenters. The van der Waals surface area contributed by atoms with E-state index in [1.165, 1.54) is 29.2 Å². The average Bonchev–Trinajstić information content (AvgIpc) is 3.04. The Balaban J connectivity index is 1.85. The second-order valence-electron chi connectivity index (χ2n) is 11.0. The van der Waals surface area contributed by atoms with Crippen molar-refractivity contribution in [2.75, 3.05) is 17.5 Å². The number of anilines is 1. The first-order valence-electron chi connectivity index (χ1n) is 15.0. The molecular formula is C35H36Cl3N3O5S. The van der Waals surface area contributed by atoms with E-state index in [1.807, 2.05) is 44.2 Å². The van der Waals surface area contributed by atoms with Crippen molar-refractivity contribution in [1.29, 1.82) is 0 Å². The van der Waals surface area contributed by atoms with E-state index in [0.717, 1.165) is 9.87 Å². The molecule has 248 valence electrons. The fourth-order valence-electron chi connectivity index (χ4n) is 4.96. The topological polar surface area (TPSA) is 96.0 Å². The van der Waals surface area contributed by atoms with Gasteiger partial charge in [0.1, 0.15) is 18.3 Å². The zero-order valence-electron chi connectivity index (χ0n) is 26.2. The van der Waals surface area contributed by atoms with Gasteiger partial charge in [-0.2, -0.15) is 0 Å². The van der Waals surface area contributed by atoms with Gasteiger partial charge in [-0.3, -0.25) is 13.9 Å². The molecule has 4 rings (SSSR count). The van der Waals surface area contributed by atoms with E-state index in [4.69, 9.17) is 39.5 Å². The summed E-state index contributed by atoms with van der Waals surface area (Å²) < 4.78 is 35.4. The number of hydrogen-bond acceptors (Lipinski definition) is 5. The van der Waals surface area contributed by atoms with E-state index in [0.29, 0.717) is 15.6 Å². The molecule has 0 radical (unpaired) electrons. The lowest BCUT2D eigenvalue weighted by Gasteiger charge is -2.34. The predicted molar refractivity (Wildman–Crippen MR) is 188 cm³/mol. The van der Waals surface area contributed by atoms with Crippen molar-refractivity contribution in [2.24, 2.45) is 0 Å². The van der Waals surface area contributed by atoms with Gasteiger partial charge >= 0.3 is 0 Å². The average molecular weight is 717 g/mol. The normalized spacial score (nSPS) is 12.0. The summed E-state index contributed by atoms with van der Waals surface area (Å²) in [5.74, 6) is -0.742. The molecular weight excluding hydrogens is 681 g/mol. The van der Waals surface area contributed by atoms with Gasteiger partial charge in [0.2, 0.25) is 11.8 Å². The van der Waals surface area contributed by atoms with Crippen molar-refractivity contribution >= 4 is 62.3 Å². The summed E-state index contributed by atoms with van der Waals surface area (Å²) in [5.41, 5.74) is 1.58. The van der Waals surface area contributed by atoms with Crippen LogP contribution in [0.5, 0.6) is 5.75 Å². The Morgan fingerprint density at radius 1 is 0.830 bits per heavy atom. The molecule has 0 bridgehead atoms. The number of hydrogen-bond donors (Lipinski definition) is 1. The number of halogens is 3. The van der Waals surface area contributed by atoms with Gasteiger partial charge in [-0.1, -0.05) is 83.3 Å². The number of carbonyl (C=O) groups excluding carboxylic acids is 2. The number of ether oxygens (including phenoxy) is 1. The van der Waals surface area contributed by atoms with Crippen LogP contribution in [0.4, 0.5) is 5.69 Å². The summed E-state index contributed by atoms with van der Waals surface area (Å²) in [5, 5.41) is 3.90. The third kappa shape index (κ3) is 9.41. The Hall–Kier alpha value is -3.76. The Kier molecular flexibility index (Phi) is 12.6. The maximum atomic E-state index is 14.6. The first-order valence-corrected chi connectivity index (χ1v) is 17.6. The number of carbonyl (C=O) groups is 2. The van der Waals surface area contributed by atoms with Crippen LogP contribution in [0.2, 0.25) is 15.1 Å². The molecule has 0 spiro atoms. The maximum Gasteiger partial charge on any atom is 0.264 e. The summed E-state index contributed by atoms with van der Waals surface area (Å²) in [6.07, 6.45) is 0.173. The molecule has 0 saturated heterocycles. The highest BCUT2D eigenvalue weighted by Crippen LogP contribution is 2.33. The number of rotatable bonds is 14. The molecule has 4 aromatic rings. The van der Waals surface area contributed by atoms with Crippen LogP contribution in [0.15, 0.2) is 102 Å². The minimum absolute atomic E-state index is 0.0549. The van der Waals surface area contributed by atoms with E-state index < -0.39 is 28.5 Å². The molecule has 0 fully saturated rings. The molecule has 0 aliphatic carbocycles. The van der Waals surface area contributed by atoms with Crippen molar-refractivity contribution in [3.8, 4) is 5.75 Å². The standard InChI is InChI=1S/C35H36Cl3N3O5S/c1-4-46-33-13-9-8-12-31(33)41(47(44,45)28-17-15-27(36)16-18-28)23-34(42)40(22-26-14-19-29(37)30(38)20-26)32(35(43)39-24(2)3)21-25-10-6-5-7-11-25/h5-20,24,32H,4,21-23H2,1-3H3,(H,39,43)/t32-/m1/s1. The number of nitrogens with one attached hydrogen (secondary N) is 1. The van der Waals surface area contributed by atoms with Crippen LogP contribution in [0.25, 0.3) is 0 Å². The Bertz CT molecular complexity index is 1790. The predicted octanol–water partition coefficient (Wildman–Crippen LogP) is 7.41. The van der Waals surface area contributed by atoms with Gasteiger partial charge in [-0.25, -0.2) is 8.42 Å². The number of nitrogens with zero attached hydrogens (tertiary/aromatic N) is 2. The molecule has 0 saturated carbocycles. The van der Waals surface area contributed by atoms with Crippen molar-refractivity contribution in [1.82, 2.24) is 10.2 Å². The van der Waals surface area contributed by atoms with Gasteiger partial charge in [-0.15, -0.1) is 0 Å². The minimum Gasteiger partial charge on any atom is -0.492 e. The van der Waals surface area contributed by atoms with Crippen LogP contribution in [0.1, 0.15) is 31.9 Å². The van der Waals surface area contributed by atoms with Crippen molar-refractivity contribution in [2.45, 2.75) is 50.7 Å². The molecule has 1 N–H and O–H groups in total. The van der Waals surface area contributed by atoms with Gasteiger partial charge in [-0.05, 0) is 80.4 Å². The zero-order chi connectivity index (χ0) is 34.1.